The van der Waals surface area contributed by atoms with Crippen LogP contribution < -0.4 is 0 Å². The van der Waals surface area contributed by atoms with Gasteiger partial charge in [-0.1, -0.05) is 29.3 Å². The van der Waals surface area contributed by atoms with Gasteiger partial charge in [0.1, 0.15) is 0 Å². The Morgan fingerprint density at radius 3 is 2.38 bits per heavy atom. The number of carbonyl (C=O) groups excluding carboxylic acids is 3. The number of amides is 2. The molecule has 5 nitrogen and oxygen atoms in total. The molecule has 0 aromatic heterocycles. The number of benzene rings is 1. The summed E-state index contributed by atoms with van der Waals surface area (Å²) in [6.45, 7) is 0. The van der Waals surface area contributed by atoms with Crippen LogP contribution in [-0.2, 0) is 9.63 Å². The molecule has 0 spiro atoms. The number of fused-ring (bicyclic) bond motifs is 1. The van der Waals surface area contributed by atoms with E-state index in [0.717, 1.165) is 19.3 Å². The molecule has 0 unspecified atom stereocenters. The second-order valence-electron chi connectivity index (χ2n) is 5.27. The van der Waals surface area contributed by atoms with Gasteiger partial charge in [-0.3, -0.25) is 9.59 Å². The molecule has 2 aliphatic rings. The van der Waals surface area contributed by atoms with Crippen molar-refractivity contribution >= 4 is 17.8 Å². The zero-order valence-corrected chi connectivity index (χ0v) is 11.5. The first-order valence-corrected chi connectivity index (χ1v) is 7.00. The largest absolute Gasteiger partial charge is 0.333 e. The summed E-state index contributed by atoms with van der Waals surface area (Å²) >= 11 is 0. The van der Waals surface area contributed by atoms with Crippen molar-refractivity contribution in [3.05, 3.63) is 47.5 Å². The maximum absolute atomic E-state index is 12.1. The molecule has 0 fully saturated rings. The van der Waals surface area contributed by atoms with Gasteiger partial charge in [-0.15, -0.1) is 0 Å². The molecule has 0 saturated carbocycles. The molecule has 1 atom stereocenters. The number of rotatable bonds is 3. The Kier molecular flexibility index (Phi) is 3.56. The second kappa shape index (κ2) is 5.52. The van der Waals surface area contributed by atoms with Crippen molar-refractivity contribution in [2.45, 2.75) is 25.7 Å². The molecule has 1 aromatic carbocycles. The fraction of sp³-hybridized carbons (Fsp3) is 0.312. The van der Waals surface area contributed by atoms with E-state index in [2.05, 4.69) is 6.08 Å². The highest BCUT2D eigenvalue weighted by atomic mass is 16.7. The van der Waals surface area contributed by atoms with Gasteiger partial charge in [0.25, 0.3) is 11.8 Å². The average molecular weight is 285 g/mol. The van der Waals surface area contributed by atoms with Crippen molar-refractivity contribution in [3.8, 4) is 0 Å². The molecule has 108 valence electrons. The van der Waals surface area contributed by atoms with Crippen LogP contribution >= 0.6 is 0 Å². The van der Waals surface area contributed by atoms with Crippen molar-refractivity contribution in [2.24, 2.45) is 5.92 Å². The third-order valence-corrected chi connectivity index (χ3v) is 3.78. The minimum absolute atomic E-state index is 0.220. The molecule has 1 aliphatic heterocycles. The van der Waals surface area contributed by atoms with Crippen LogP contribution in [0.25, 0.3) is 0 Å². The molecule has 3 rings (SSSR count). The van der Waals surface area contributed by atoms with Gasteiger partial charge in [0.05, 0.1) is 17.5 Å². The average Bonchev–Trinajstić information content (AvgIpc) is 2.74. The fourth-order valence-electron chi connectivity index (χ4n) is 2.67. The topological polar surface area (TPSA) is 63.7 Å². The first kappa shape index (κ1) is 13.5. The third kappa shape index (κ3) is 2.59. The normalized spacial score (nSPS) is 20.6. The Morgan fingerprint density at radius 2 is 1.81 bits per heavy atom. The monoisotopic (exact) mass is 285 g/mol. The van der Waals surface area contributed by atoms with E-state index in [1.165, 1.54) is 0 Å². The Hall–Kier alpha value is -2.43. The maximum Gasteiger partial charge on any atom is 0.333 e. The van der Waals surface area contributed by atoms with Crippen LogP contribution in [0.1, 0.15) is 46.4 Å². The van der Waals surface area contributed by atoms with Gasteiger partial charge in [0, 0.05) is 0 Å². The third-order valence-electron chi connectivity index (χ3n) is 3.78. The Bertz CT molecular complexity index is 600. The number of hydrogen-bond acceptors (Lipinski definition) is 4. The van der Waals surface area contributed by atoms with Gasteiger partial charge in [-0.25, -0.2) is 4.79 Å². The predicted octanol–water partition coefficient (Wildman–Crippen LogP) is 2.49. The van der Waals surface area contributed by atoms with E-state index in [1.54, 1.807) is 24.3 Å². The van der Waals surface area contributed by atoms with Crippen LogP contribution in [0.15, 0.2) is 36.4 Å². The molecule has 0 radical (unpaired) electrons. The summed E-state index contributed by atoms with van der Waals surface area (Å²) in [5.74, 6) is -1.47. The molecule has 21 heavy (non-hydrogen) atoms. The zero-order valence-electron chi connectivity index (χ0n) is 11.5. The van der Waals surface area contributed by atoms with E-state index in [-0.39, 0.29) is 23.5 Å². The van der Waals surface area contributed by atoms with Crippen molar-refractivity contribution < 1.29 is 19.2 Å². The number of imide groups is 1. The Balaban J connectivity index is 1.66. The van der Waals surface area contributed by atoms with Gasteiger partial charge in [0.15, 0.2) is 0 Å². The molecule has 5 heteroatoms. The lowest BCUT2D eigenvalue weighted by molar-refractivity contribution is -0.169. The standard InChI is InChI=1S/C16H15NO4/c18-14(10-11-6-2-1-3-7-11)21-17-15(19)12-8-4-5-9-13(12)16(17)20/h1-2,4-5,8-9,11H,3,6-7,10H2/t11-/m1/s1. The minimum Gasteiger partial charge on any atom is -0.330 e. The number of hydroxylamine groups is 2. The second-order valence-corrected chi connectivity index (χ2v) is 5.27. The highest BCUT2D eigenvalue weighted by molar-refractivity contribution is 6.20. The van der Waals surface area contributed by atoms with E-state index in [1.807, 2.05) is 6.08 Å². The molecule has 0 N–H and O–H groups in total. The van der Waals surface area contributed by atoms with Gasteiger partial charge in [-0.05, 0) is 37.3 Å². The van der Waals surface area contributed by atoms with Crippen LogP contribution in [0.4, 0.5) is 0 Å². The van der Waals surface area contributed by atoms with E-state index in [9.17, 15) is 14.4 Å². The van der Waals surface area contributed by atoms with Crippen LogP contribution in [-0.4, -0.2) is 22.8 Å². The summed E-state index contributed by atoms with van der Waals surface area (Å²) in [5.41, 5.74) is 0.548. The first-order valence-electron chi connectivity index (χ1n) is 7.00. The summed E-state index contributed by atoms with van der Waals surface area (Å²) in [4.78, 5) is 41.0. The summed E-state index contributed by atoms with van der Waals surface area (Å²) in [6, 6.07) is 6.44. The van der Waals surface area contributed by atoms with Crippen LogP contribution in [0.2, 0.25) is 0 Å². The molecule has 1 aliphatic carbocycles. The van der Waals surface area contributed by atoms with Crippen molar-refractivity contribution in [1.82, 2.24) is 5.06 Å². The lowest BCUT2D eigenvalue weighted by Gasteiger charge is -2.18. The van der Waals surface area contributed by atoms with Crippen molar-refractivity contribution in [3.63, 3.8) is 0 Å². The van der Waals surface area contributed by atoms with E-state index in [0.29, 0.717) is 5.06 Å². The van der Waals surface area contributed by atoms with Crippen LogP contribution in [0.3, 0.4) is 0 Å². The highest BCUT2D eigenvalue weighted by Crippen LogP contribution is 2.25. The maximum atomic E-state index is 12.1. The van der Waals surface area contributed by atoms with Crippen LogP contribution in [0, 0.1) is 5.92 Å². The van der Waals surface area contributed by atoms with Gasteiger partial charge < -0.3 is 4.84 Å². The minimum atomic E-state index is -0.576. The van der Waals surface area contributed by atoms with Gasteiger partial charge in [-0.2, -0.15) is 0 Å². The van der Waals surface area contributed by atoms with Gasteiger partial charge >= 0.3 is 5.97 Å². The first-order chi connectivity index (χ1) is 10.2. The SMILES string of the molecule is O=C(C[C@@H]1CC=CCC1)ON1C(=O)c2ccccc2C1=O. The molecule has 2 amide bonds. The van der Waals surface area contributed by atoms with Crippen LogP contribution in [0.5, 0.6) is 0 Å². The lowest BCUT2D eigenvalue weighted by Crippen LogP contribution is -2.33. The molecular formula is C16H15NO4. The number of hydrogen-bond donors (Lipinski definition) is 0. The molecule has 0 bridgehead atoms. The molecule has 1 aromatic rings. The zero-order chi connectivity index (χ0) is 14.8. The van der Waals surface area contributed by atoms with Crippen molar-refractivity contribution in [1.29, 1.82) is 0 Å². The predicted molar refractivity (Wildman–Crippen MR) is 74.1 cm³/mol. The number of allylic oxidation sites excluding steroid dienone is 2. The van der Waals surface area contributed by atoms with Gasteiger partial charge in [0.2, 0.25) is 0 Å². The summed E-state index contributed by atoms with van der Waals surface area (Å²) < 4.78 is 0. The smallest absolute Gasteiger partial charge is 0.330 e. The fourth-order valence-corrected chi connectivity index (χ4v) is 2.67. The molecule has 1 heterocycles. The molecular weight excluding hydrogens is 270 g/mol. The summed E-state index contributed by atoms with van der Waals surface area (Å²) in [7, 11) is 0. The lowest BCUT2D eigenvalue weighted by atomic mass is 9.92. The summed E-state index contributed by atoms with van der Waals surface area (Å²) in [5, 5.41) is 0.575. The number of carbonyl (C=O) groups is 3. The molecule has 0 saturated heterocycles. The Morgan fingerprint density at radius 1 is 1.14 bits per heavy atom. The Labute approximate surface area is 122 Å². The number of nitrogens with zero attached hydrogens (tertiary/aromatic N) is 1. The highest BCUT2D eigenvalue weighted by Gasteiger charge is 2.38. The van der Waals surface area contributed by atoms with E-state index < -0.39 is 17.8 Å². The quantitative estimate of drug-likeness (QED) is 0.632. The van der Waals surface area contributed by atoms with E-state index >= 15 is 0 Å². The summed E-state index contributed by atoms with van der Waals surface area (Å²) in [6.07, 6.45) is 7.06. The van der Waals surface area contributed by atoms with Crippen molar-refractivity contribution in [2.75, 3.05) is 0 Å². The van der Waals surface area contributed by atoms with E-state index in [4.69, 9.17) is 4.84 Å².